The third kappa shape index (κ3) is 3.16. The molecule has 0 saturated carbocycles. The molecule has 4 nitrogen and oxygen atoms in total. The van der Waals surface area contributed by atoms with Gasteiger partial charge in [-0.25, -0.2) is 4.39 Å². The predicted octanol–water partition coefficient (Wildman–Crippen LogP) is 2.89. The van der Waals surface area contributed by atoms with Gasteiger partial charge in [-0.3, -0.25) is 4.79 Å². The standard InChI is InChI=1S/C14H22FN3O/c1-4-14(5-2,6-3)18-12-7-9(13(17)19)11(16)8-10(12)15/h7-8,18H,4-6,16H2,1-3H3,(H2,17,19). The average molecular weight is 267 g/mol. The second-order valence-electron chi connectivity index (χ2n) is 4.75. The van der Waals surface area contributed by atoms with Crippen LogP contribution in [0.5, 0.6) is 0 Å². The highest BCUT2D eigenvalue weighted by atomic mass is 19.1. The zero-order valence-electron chi connectivity index (χ0n) is 11.7. The number of halogens is 1. The Balaban J connectivity index is 3.20. The van der Waals surface area contributed by atoms with Crippen LogP contribution in [0.4, 0.5) is 15.8 Å². The molecule has 0 saturated heterocycles. The van der Waals surface area contributed by atoms with Gasteiger partial charge in [-0.2, -0.15) is 0 Å². The molecule has 5 N–H and O–H groups in total. The van der Waals surface area contributed by atoms with Crippen LogP contribution in [0.15, 0.2) is 12.1 Å². The number of amides is 1. The highest BCUT2D eigenvalue weighted by Crippen LogP contribution is 2.29. The molecular weight excluding hydrogens is 245 g/mol. The minimum Gasteiger partial charge on any atom is -0.398 e. The minimum absolute atomic E-state index is 0.0608. The van der Waals surface area contributed by atoms with Gasteiger partial charge in [0, 0.05) is 11.2 Å². The Labute approximate surface area is 113 Å². The summed E-state index contributed by atoms with van der Waals surface area (Å²) >= 11 is 0. The molecule has 0 aliphatic carbocycles. The summed E-state index contributed by atoms with van der Waals surface area (Å²) in [6, 6.07) is 2.52. The minimum atomic E-state index is -0.657. The monoisotopic (exact) mass is 267 g/mol. The van der Waals surface area contributed by atoms with Gasteiger partial charge < -0.3 is 16.8 Å². The Morgan fingerprint density at radius 3 is 2.21 bits per heavy atom. The van der Waals surface area contributed by atoms with Crippen LogP contribution >= 0.6 is 0 Å². The molecule has 19 heavy (non-hydrogen) atoms. The van der Waals surface area contributed by atoms with Gasteiger partial charge in [0.25, 0.3) is 5.91 Å². The van der Waals surface area contributed by atoms with Crippen molar-refractivity contribution in [3.63, 3.8) is 0 Å². The first-order valence-corrected chi connectivity index (χ1v) is 6.56. The van der Waals surface area contributed by atoms with Crippen molar-refractivity contribution < 1.29 is 9.18 Å². The maximum Gasteiger partial charge on any atom is 0.250 e. The number of carbonyl (C=O) groups excluding carboxylic acids is 1. The lowest BCUT2D eigenvalue weighted by molar-refractivity contribution is 0.100. The Hall–Kier alpha value is -1.78. The number of anilines is 2. The molecule has 0 heterocycles. The molecule has 1 amide bonds. The first kappa shape index (κ1) is 15.3. The summed E-state index contributed by atoms with van der Waals surface area (Å²) in [4.78, 5) is 11.3. The summed E-state index contributed by atoms with van der Waals surface area (Å²) in [7, 11) is 0. The van der Waals surface area contributed by atoms with E-state index in [0.717, 1.165) is 25.3 Å². The third-order valence-corrected chi connectivity index (χ3v) is 3.83. The SMILES string of the molecule is CCC(CC)(CC)Nc1cc(C(N)=O)c(N)cc1F. The largest absolute Gasteiger partial charge is 0.398 e. The van der Waals surface area contributed by atoms with E-state index in [-0.39, 0.29) is 22.5 Å². The third-order valence-electron chi connectivity index (χ3n) is 3.83. The molecule has 0 aliphatic rings. The van der Waals surface area contributed by atoms with E-state index >= 15 is 0 Å². The molecule has 0 fully saturated rings. The molecule has 106 valence electrons. The van der Waals surface area contributed by atoms with E-state index in [2.05, 4.69) is 5.32 Å². The van der Waals surface area contributed by atoms with Crippen LogP contribution in [0.25, 0.3) is 0 Å². The zero-order chi connectivity index (χ0) is 14.6. The van der Waals surface area contributed by atoms with Crippen molar-refractivity contribution in [3.8, 4) is 0 Å². The van der Waals surface area contributed by atoms with E-state index in [1.807, 2.05) is 20.8 Å². The lowest BCUT2D eigenvalue weighted by Crippen LogP contribution is -2.36. The topological polar surface area (TPSA) is 81.1 Å². The molecular formula is C14H22FN3O. The second-order valence-corrected chi connectivity index (χ2v) is 4.75. The van der Waals surface area contributed by atoms with Crippen LogP contribution in [-0.2, 0) is 0 Å². The number of benzene rings is 1. The molecule has 5 heteroatoms. The van der Waals surface area contributed by atoms with E-state index in [4.69, 9.17) is 11.5 Å². The summed E-state index contributed by atoms with van der Waals surface area (Å²) in [5.41, 5.74) is 11.1. The number of hydrogen-bond donors (Lipinski definition) is 3. The molecule has 0 aliphatic heterocycles. The average Bonchev–Trinajstić information content (AvgIpc) is 2.38. The molecule has 1 aromatic rings. The second kappa shape index (κ2) is 5.91. The van der Waals surface area contributed by atoms with Crippen LogP contribution < -0.4 is 16.8 Å². The molecule has 1 rings (SSSR count). The van der Waals surface area contributed by atoms with Gasteiger partial charge in [0.05, 0.1) is 11.3 Å². The Bertz CT molecular complexity index is 462. The van der Waals surface area contributed by atoms with Crippen molar-refractivity contribution >= 4 is 17.3 Å². The number of rotatable bonds is 6. The van der Waals surface area contributed by atoms with Gasteiger partial charge in [-0.05, 0) is 31.4 Å². The molecule has 0 bridgehead atoms. The van der Waals surface area contributed by atoms with Gasteiger partial charge in [0.15, 0.2) is 0 Å². The van der Waals surface area contributed by atoms with Crippen LogP contribution in [0.2, 0.25) is 0 Å². The number of nitrogens with two attached hydrogens (primary N) is 2. The fraction of sp³-hybridized carbons (Fsp3) is 0.500. The van der Waals surface area contributed by atoms with Crippen LogP contribution in [0, 0.1) is 5.82 Å². The number of primary amides is 1. The van der Waals surface area contributed by atoms with Crippen LogP contribution in [0.3, 0.4) is 0 Å². The first-order chi connectivity index (χ1) is 8.89. The van der Waals surface area contributed by atoms with Crippen molar-refractivity contribution in [2.45, 2.75) is 45.6 Å². The van der Waals surface area contributed by atoms with Gasteiger partial charge in [-0.15, -0.1) is 0 Å². The fourth-order valence-corrected chi connectivity index (χ4v) is 2.20. The van der Waals surface area contributed by atoms with E-state index in [0.29, 0.717) is 0 Å². The zero-order valence-corrected chi connectivity index (χ0v) is 11.7. The lowest BCUT2D eigenvalue weighted by atomic mass is 9.89. The maximum absolute atomic E-state index is 13.9. The van der Waals surface area contributed by atoms with E-state index in [9.17, 15) is 9.18 Å². The molecule has 0 aromatic heterocycles. The summed E-state index contributed by atoms with van der Waals surface area (Å²) < 4.78 is 13.9. The number of nitrogens with one attached hydrogen (secondary N) is 1. The number of nitrogen functional groups attached to an aromatic ring is 1. The van der Waals surface area contributed by atoms with Gasteiger partial charge in [0.2, 0.25) is 0 Å². The van der Waals surface area contributed by atoms with Crippen molar-refractivity contribution in [3.05, 3.63) is 23.5 Å². The summed E-state index contributed by atoms with van der Waals surface area (Å²) in [6.07, 6.45) is 2.57. The molecule has 0 spiro atoms. The summed E-state index contributed by atoms with van der Waals surface area (Å²) in [5, 5.41) is 3.19. The predicted molar refractivity (Wildman–Crippen MR) is 76.6 cm³/mol. The fourth-order valence-electron chi connectivity index (χ4n) is 2.20. The van der Waals surface area contributed by atoms with E-state index in [1.165, 1.54) is 6.07 Å². The van der Waals surface area contributed by atoms with Gasteiger partial charge >= 0.3 is 0 Å². The number of hydrogen-bond acceptors (Lipinski definition) is 3. The van der Waals surface area contributed by atoms with E-state index in [1.54, 1.807) is 0 Å². The van der Waals surface area contributed by atoms with E-state index < -0.39 is 11.7 Å². The maximum atomic E-state index is 13.9. The summed E-state index contributed by atoms with van der Waals surface area (Å²) in [6.45, 7) is 6.14. The van der Waals surface area contributed by atoms with Gasteiger partial charge in [-0.1, -0.05) is 20.8 Å². The van der Waals surface area contributed by atoms with Crippen LogP contribution in [-0.4, -0.2) is 11.4 Å². The highest BCUT2D eigenvalue weighted by Gasteiger charge is 2.25. The first-order valence-electron chi connectivity index (χ1n) is 6.56. The molecule has 0 radical (unpaired) electrons. The normalized spacial score (nSPS) is 11.4. The smallest absolute Gasteiger partial charge is 0.250 e. The Morgan fingerprint density at radius 1 is 1.26 bits per heavy atom. The van der Waals surface area contributed by atoms with Crippen LogP contribution in [0.1, 0.15) is 50.4 Å². The Kier molecular flexibility index (Phi) is 4.75. The van der Waals surface area contributed by atoms with Crippen molar-refractivity contribution in [1.29, 1.82) is 0 Å². The van der Waals surface area contributed by atoms with Crippen molar-refractivity contribution in [2.75, 3.05) is 11.1 Å². The quantitative estimate of drug-likeness (QED) is 0.693. The summed E-state index contributed by atoms with van der Waals surface area (Å²) in [5.74, 6) is -1.13. The molecule has 0 atom stereocenters. The highest BCUT2D eigenvalue weighted by molar-refractivity contribution is 5.99. The molecule has 0 unspecified atom stereocenters. The number of carbonyl (C=O) groups is 1. The lowest BCUT2D eigenvalue weighted by Gasteiger charge is -2.33. The van der Waals surface area contributed by atoms with Gasteiger partial charge in [0.1, 0.15) is 5.82 Å². The van der Waals surface area contributed by atoms with Crippen molar-refractivity contribution in [1.82, 2.24) is 0 Å². The van der Waals surface area contributed by atoms with Crippen molar-refractivity contribution in [2.24, 2.45) is 5.73 Å². The molecule has 1 aromatic carbocycles. The Morgan fingerprint density at radius 2 is 1.79 bits per heavy atom.